The van der Waals surface area contributed by atoms with Crippen molar-refractivity contribution in [1.29, 1.82) is 0 Å². The van der Waals surface area contributed by atoms with Crippen LogP contribution in [0.5, 0.6) is 0 Å². The quantitative estimate of drug-likeness (QED) is 0.557. The zero-order valence-electron chi connectivity index (χ0n) is 15.4. The second-order valence-corrected chi connectivity index (χ2v) is 7.57. The van der Waals surface area contributed by atoms with Crippen LogP contribution >= 0.6 is 11.8 Å². The Labute approximate surface area is 168 Å². The van der Waals surface area contributed by atoms with Crippen molar-refractivity contribution < 1.29 is 13.6 Å². The first-order valence-corrected chi connectivity index (χ1v) is 10.1. The third kappa shape index (κ3) is 5.20. The lowest BCUT2D eigenvalue weighted by Crippen LogP contribution is -2.28. The number of carbonyl (C=O) groups excluding carboxylic acids is 1. The van der Waals surface area contributed by atoms with Gasteiger partial charge in [0.25, 0.3) is 0 Å². The van der Waals surface area contributed by atoms with Crippen molar-refractivity contribution in [3.63, 3.8) is 0 Å². The monoisotopic (exact) mass is 397 g/mol. The maximum absolute atomic E-state index is 13.4. The Hall–Kier alpha value is -2.66. The molecule has 0 fully saturated rings. The Morgan fingerprint density at radius 2 is 1.43 bits per heavy atom. The first-order valence-electron chi connectivity index (χ1n) is 9.00. The van der Waals surface area contributed by atoms with Gasteiger partial charge in [0, 0.05) is 0 Å². The topological polar surface area (TPSA) is 29.1 Å². The van der Waals surface area contributed by atoms with Gasteiger partial charge in [0.15, 0.2) is 11.6 Å². The first-order chi connectivity index (χ1) is 13.5. The molecule has 3 rings (SSSR count). The lowest BCUT2D eigenvalue weighted by molar-refractivity contribution is -0.119. The van der Waals surface area contributed by atoms with Gasteiger partial charge in [-0.15, -0.1) is 11.8 Å². The van der Waals surface area contributed by atoms with E-state index in [2.05, 4.69) is 5.32 Å². The number of carbonyl (C=O) groups is 1. The number of nitrogens with one attached hydrogen (secondary N) is 1. The van der Waals surface area contributed by atoms with Gasteiger partial charge in [0.2, 0.25) is 5.91 Å². The summed E-state index contributed by atoms with van der Waals surface area (Å²) in [6.07, 6.45) is 0. The van der Waals surface area contributed by atoms with Crippen molar-refractivity contribution in [2.75, 3.05) is 5.75 Å². The zero-order valence-corrected chi connectivity index (χ0v) is 16.3. The first kappa shape index (κ1) is 20.1. The van der Waals surface area contributed by atoms with E-state index in [1.54, 1.807) is 6.92 Å². The van der Waals surface area contributed by atoms with Crippen molar-refractivity contribution in [2.45, 2.75) is 18.2 Å². The molecule has 0 spiro atoms. The van der Waals surface area contributed by atoms with E-state index in [-0.39, 0.29) is 16.9 Å². The Morgan fingerprint density at radius 1 is 0.857 bits per heavy atom. The molecule has 1 N–H and O–H groups in total. The number of hydrogen-bond acceptors (Lipinski definition) is 2. The molecule has 2 nitrogen and oxygen atoms in total. The van der Waals surface area contributed by atoms with Crippen LogP contribution in [0.3, 0.4) is 0 Å². The van der Waals surface area contributed by atoms with Crippen molar-refractivity contribution in [3.05, 3.63) is 107 Å². The number of amides is 1. The maximum atomic E-state index is 13.4. The van der Waals surface area contributed by atoms with Crippen LogP contribution in [0, 0.1) is 11.6 Å². The van der Waals surface area contributed by atoms with E-state index in [1.165, 1.54) is 17.8 Å². The van der Waals surface area contributed by atoms with Gasteiger partial charge in [-0.3, -0.25) is 4.79 Å². The van der Waals surface area contributed by atoms with Crippen molar-refractivity contribution in [3.8, 4) is 0 Å². The standard InChI is InChI=1S/C23H21F2NOS/c1-16(19-12-13-20(24)21(25)14-19)26-22(27)15-28-23(17-8-4-2-5-9-17)18-10-6-3-7-11-18/h2-14,16,23H,15H2,1H3,(H,26,27). The van der Waals surface area contributed by atoms with Gasteiger partial charge in [0.1, 0.15) is 0 Å². The molecule has 0 aromatic heterocycles. The highest BCUT2D eigenvalue weighted by Crippen LogP contribution is 2.35. The second-order valence-electron chi connectivity index (χ2n) is 6.48. The molecule has 3 aromatic rings. The fourth-order valence-electron chi connectivity index (χ4n) is 2.95. The molecule has 0 aliphatic carbocycles. The summed E-state index contributed by atoms with van der Waals surface area (Å²) in [5.74, 6) is -1.71. The average molecular weight is 397 g/mol. The van der Waals surface area contributed by atoms with E-state index in [0.717, 1.165) is 23.3 Å². The summed E-state index contributed by atoms with van der Waals surface area (Å²) in [5.41, 5.74) is 2.78. The van der Waals surface area contributed by atoms with Gasteiger partial charge in [-0.05, 0) is 35.7 Å². The molecule has 5 heteroatoms. The van der Waals surface area contributed by atoms with Crippen LogP contribution in [0.1, 0.15) is 34.9 Å². The molecule has 0 saturated carbocycles. The summed E-state index contributed by atoms with van der Waals surface area (Å²) in [6.45, 7) is 1.75. The van der Waals surface area contributed by atoms with E-state index in [9.17, 15) is 13.6 Å². The minimum absolute atomic E-state index is 0.0340. The minimum atomic E-state index is -0.916. The summed E-state index contributed by atoms with van der Waals surface area (Å²) < 4.78 is 26.5. The van der Waals surface area contributed by atoms with Crippen LogP contribution in [0.2, 0.25) is 0 Å². The normalized spacial score (nSPS) is 12.0. The molecule has 1 atom stereocenters. The van der Waals surface area contributed by atoms with Gasteiger partial charge in [0.05, 0.1) is 17.0 Å². The van der Waals surface area contributed by atoms with Crippen molar-refractivity contribution in [2.24, 2.45) is 0 Å². The van der Waals surface area contributed by atoms with E-state index in [4.69, 9.17) is 0 Å². The van der Waals surface area contributed by atoms with Crippen LogP contribution < -0.4 is 5.32 Å². The predicted octanol–water partition coefficient (Wildman–Crippen LogP) is 5.66. The number of thioether (sulfide) groups is 1. The molecule has 1 unspecified atom stereocenters. The molecule has 0 aliphatic heterocycles. The van der Waals surface area contributed by atoms with Crippen LogP contribution in [0.15, 0.2) is 78.9 Å². The van der Waals surface area contributed by atoms with Crippen LogP contribution in [0.4, 0.5) is 8.78 Å². The van der Waals surface area contributed by atoms with Crippen molar-refractivity contribution >= 4 is 17.7 Å². The van der Waals surface area contributed by atoms with Crippen LogP contribution in [-0.2, 0) is 4.79 Å². The summed E-state index contributed by atoms with van der Waals surface area (Å²) in [6, 6.07) is 23.3. The molecule has 0 saturated heterocycles. The van der Waals surface area contributed by atoms with E-state index in [1.807, 2.05) is 60.7 Å². The molecular formula is C23H21F2NOS. The molecule has 0 aliphatic rings. The van der Waals surface area contributed by atoms with Gasteiger partial charge >= 0.3 is 0 Å². The van der Waals surface area contributed by atoms with E-state index in [0.29, 0.717) is 5.56 Å². The number of halogens is 2. The third-order valence-corrected chi connectivity index (χ3v) is 5.71. The fraction of sp³-hybridized carbons (Fsp3) is 0.174. The largest absolute Gasteiger partial charge is 0.349 e. The Morgan fingerprint density at radius 3 is 1.96 bits per heavy atom. The van der Waals surface area contributed by atoms with E-state index < -0.39 is 17.7 Å². The maximum Gasteiger partial charge on any atom is 0.230 e. The average Bonchev–Trinajstić information content (AvgIpc) is 2.71. The Bertz CT molecular complexity index is 879. The van der Waals surface area contributed by atoms with Gasteiger partial charge in [-0.25, -0.2) is 8.78 Å². The summed E-state index contributed by atoms with van der Waals surface area (Å²) >= 11 is 1.53. The highest BCUT2D eigenvalue weighted by atomic mass is 32.2. The second kappa shape index (κ2) is 9.51. The fourth-order valence-corrected chi connectivity index (χ4v) is 4.05. The molecule has 1 amide bonds. The lowest BCUT2D eigenvalue weighted by atomic mass is 10.0. The van der Waals surface area contributed by atoms with Gasteiger partial charge in [-0.2, -0.15) is 0 Å². The molecule has 0 radical (unpaired) electrons. The Balaban J connectivity index is 1.66. The molecule has 144 valence electrons. The highest BCUT2D eigenvalue weighted by molar-refractivity contribution is 8.00. The Kier molecular flexibility index (Phi) is 6.82. The summed E-state index contributed by atoms with van der Waals surface area (Å²) in [5, 5.41) is 2.89. The molecule has 28 heavy (non-hydrogen) atoms. The smallest absolute Gasteiger partial charge is 0.230 e. The molecule has 0 heterocycles. The number of hydrogen-bond donors (Lipinski definition) is 1. The van der Waals surface area contributed by atoms with Crippen molar-refractivity contribution in [1.82, 2.24) is 5.32 Å². The molecular weight excluding hydrogens is 376 g/mol. The number of rotatable bonds is 7. The summed E-state index contributed by atoms with van der Waals surface area (Å²) in [7, 11) is 0. The minimum Gasteiger partial charge on any atom is -0.349 e. The van der Waals surface area contributed by atoms with Crippen LogP contribution in [0.25, 0.3) is 0 Å². The van der Waals surface area contributed by atoms with Gasteiger partial charge in [-0.1, -0.05) is 66.7 Å². The highest BCUT2D eigenvalue weighted by Gasteiger charge is 2.18. The predicted molar refractivity (Wildman–Crippen MR) is 110 cm³/mol. The lowest BCUT2D eigenvalue weighted by Gasteiger charge is -2.19. The third-order valence-electron chi connectivity index (χ3n) is 4.41. The zero-order chi connectivity index (χ0) is 19.9. The summed E-state index contributed by atoms with van der Waals surface area (Å²) in [4.78, 5) is 12.4. The molecule has 0 bridgehead atoms. The van der Waals surface area contributed by atoms with Gasteiger partial charge < -0.3 is 5.32 Å². The van der Waals surface area contributed by atoms with Crippen LogP contribution in [-0.4, -0.2) is 11.7 Å². The molecule has 3 aromatic carbocycles. The SMILES string of the molecule is CC(NC(=O)CSC(c1ccccc1)c1ccccc1)c1ccc(F)c(F)c1. The number of benzene rings is 3. The van der Waals surface area contributed by atoms with E-state index >= 15 is 0 Å².